The SMILES string of the molecule is Sc1ccccc1Cc1cncc[n+]1Cc1ccccc1. The van der Waals surface area contributed by atoms with Crippen LogP contribution in [0.1, 0.15) is 16.8 Å². The molecule has 2 aromatic carbocycles. The lowest BCUT2D eigenvalue weighted by Crippen LogP contribution is -2.39. The van der Waals surface area contributed by atoms with Crippen molar-refractivity contribution in [3.05, 3.63) is 90.0 Å². The molecule has 0 amide bonds. The topological polar surface area (TPSA) is 16.8 Å². The van der Waals surface area contributed by atoms with E-state index in [0.717, 1.165) is 17.9 Å². The molecule has 0 fully saturated rings. The van der Waals surface area contributed by atoms with Crippen LogP contribution in [-0.4, -0.2) is 4.98 Å². The van der Waals surface area contributed by atoms with Crippen LogP contribution in [0.5, 0.6) is 0 Å². The van der Waals surface area contributed by atoms with E-state index < -0.39 is 0 Å². The van der Waals surface area contributed by atoms with Gasteiger partial charge >= 0.3 is 0 Å². The minimum Gasteiger partial charge on any atom is -0.252 e. The van der Waals surface area contributed by atoms with Crippen molar-refractivity contribution in [1.29, 1.82) is 0 Å². The van der Waals surface area contributed by atoms with Crippen LogP contribution in [-0.2, 0) is 13.0 Å². The Bertz CT molecular complexity index is 726. The molecule has 0 saturated carbocycles. The van der Waals surface area contributed by atoms with Crippen LogP contribution in [0, 0.1) is 0 Å². The van der Waals surface area contributed by atoms with Crippen molar-refractivity contribution in [3.63, 3.8) is 0 Å². The summed E-state index contributed by atoms with van der Waals surface area (Å²) in [5.74, 6) is 0. The van der Waals surface area contributed by atoms with Crippen LogP contribution in [0.4, 0.5) is 0 Å². The van der Waals surface area contributed by atoms with E-state index in [0.29, 0.717) is 0 Å². The van der Waals surface area contributed by atoms with Crippen molar-refractivity contribution in [1.82, 2.24) is 4.98 Å². The monoisotopic (exact) mass is 293 g/mol. The lowest BCUT2D eigenvalue weighted by molar-refractivity contribution is -0.695. The molecule has 3 rings (SSSR count). The van der Waals surface area contributed by atoms with Crippen LogP contribution < -0.4 is 4.57 Å². The maximum absolute atomic E-state index is 4.53. The fraction of sp³-hybridized carbons (Fsp3) is 0.111. The summed E-state index contributed by atoms with van der Waals surface area (Å²) in [6.07, 6.45) is 6.63. The highest BCUT2D eigenvalue weighted by Gasteiger charge is 2.13. The van der Waals surface area contributed by atoms with Crippen molar-refractivity contribution < 1.29 is 4.57 Å². The first-order valence-electron chi connectivity index (χ1n) is 6.96. The van der Waals surface area contributed by atoms with Gasteiger partial charge in [-0.2, -0.15) is 4.57 Å². The third-order valence-electron chi connectivity index (χ3n) is 3.48. The van der Waals surface area contributed by atoms with E-state index in [1.165, 1.54) is 16.8 Å². The van der Waals surface area contributed by atoms with E-state index in [1.807, 2.05) is 42.9 Å². The predicted molar refractivity (Wildman–Crippen MR) is 86.5 cm³/mol. The van der Waals surface area contributed by atoms with Gasteiger partial charge in [0, 0.05) is 10.5 Å². The molecule has 3 heteroatoms. The molecular formula is C18H17N2S+. The highest BCUT2D eigenvalue weighted by Crippen LogP contribution is 2.15. The molecule has 0 atom stereocenters. The molecule has 0 spiro atoms. The van der Waals surface area contributed by atoms with E-state index >= 15 is 0 Å². The maximum Gasteiger partial charge on any atom is 0.204 e. The van der Waals surface area contributed by atoms with Crippen molar-refractivity contribution in [2.45, 2.75) is 17.9 Å². The molecule has 0 N–H and O–H groups in total. The van der Waals surface area contributed by atoms with Gasteiger partial charge in [-0.05, 0) is 11.6 Å². The van der Waals surface area contributed by atoms with E-state index in [2.05, 4.69) is 52.5 Å². The van der Waals surface area contributed by atoms with Gasteiger partial charge in [-0.1, -0.05) is 48.5 Å². The summed E-state index contributed by atoms with van der Waals surface area (Å²) < 4.78 is 2.24. The van der Waals surface area contributed by atoms with Gasteiger partial charge in [-0.3, -0.25) is 4.98 Å². The van der Waals surface area contributed by atoms with Gasteiger partial charge in [-0.25, -0.2) is 0 Å². The Kier molecular flexibility index (Phi) is 4.31. The van der Waals surface area contributed by atoms with Crippen molar-refractivity contribution in [2.24, 2.45) is 0 Å². The van der Waals surface area contributed by atoms with E-state index in [4.69, 9.17) is 0 Å². The standard InChI is InChI=1S/C18H16N2S/c21-18-9-5-4-8-16(18)12-17-13-19-10-11-20(17)14-15-6-2-1-3-7-15/h1-11,13H,12,14H2/p+1. The van der Waals surface area contributed by atoms with Crippen LogP contribution in [0.15, 0.2) is 78.1 Å². The smallest absolute Gasteiger partial charge is 0.204 e. The van der Waals surface area contributed by atoms with E-state index in [9.17, 15) is 0 Å². The van der Waals surface area contributed by atoms with E-state index in [-0.39, 0.29) is 0 Å². The van der Waals surface area contributed by atoms with Crippen LogP contribution in [0.25, 0.3) is 0 Å². The summed E-state index contributed by atoms with van der Waals surface area (Å²) in [4.78, 5) is 5.29. The molecule has 104 valence electrons. The molecule has 0 radical (unpaired) electrons. The maximum atomic E-state index is 4.53. The fourth-order valence-corrected chi connectivity index (χ4v) is 2.59. The number of aromatic nitrogens is 2. The Morgan fingerprint density at radius 3 is 2.52 bits per heavy atom. The number of hydrogen-bond donors (Lipinski definition) is 1. The molecular weight excluding hydrogens is 276 g/mol. The molecule has 1 heterocycles. The highest BCUT2D eigenvalue weighted by atomic mass is 32.1. The first kappa shape index (κ1) is 13.8. The minimum atomic E-state index is 0.834. The molecule has 0 saturated heterocycles. The summed E-state index contributed by atoms with van der Waals surface area (Å²) in [5, 5.41) is 0. The van der Waals surface area contributed by atoms with Crippen molar-refractivity contribution in [2.75, 3.05) is 0 Å². The zero-order valence-corrected chi connectivity index (χ0v) is 12.6. The molecule has 0 aliphatic heterocycles. The van der Waals surface area contributed by atoms with Gasteiger partial charge in [-0.15, -0.1) is 12.6 Å². The van der Waals surface area contributed by atoms with Gasteiger partial charge in [0.1, 0.15) is 0 Å². The number of benzene rings is 2. The Balaban J connectivity index is 1.88. The van der Waals surface area contributed by atoms with Crippen LogP contribution in [0.2, 0.25) is 0 Å². The summed E-state index contributed by atoms with van der Waals surface area (Å²) in [6.45, 7) is 0.855. The number of rotatable bonds is 4. The van der Waals surface area contributed by atoms with Gasteiger partial charge in [0.25, 0.3) is 0 Å². The molecule has 21 heavy (non-hydrogen) atoms. The normalized spacial score (nSPS) is 10.5. The number of nitrogens with zero attached hydrogens (tertiary/aromatic N) is 2. The van der Waals surface area contributed by atoms with E-state index in [1.54, 1.807) is 0 Å². The van der Waals surface area contributed by atoms with Crippen molar-refractivity contribution >= 4 is 12.6 Å². The first-order chi connectivity index (χ1) is 10.3. The van der Waals surface area contributed by atoms with Crippen LogP contribution in [0.3, 0.4) is 0 Å². The quantitative estimate of drug-likeness (QED) is 0.577. The zero-order valence-electron chi connectivity index (χ0n) is 11.7. The van der Waals surface area contributed by atoms with Crippen LogP contribution >= 0.6 is 12.6 Å². The average molecular weight is 293 g/mol. The Morgan fingerprint density at radius 2 is 1.71 bits per heavy atom. The van der Waals surface area contributed by atoms with Gasteiger partial charge in [0.05, 0.1) is 18.8 Å². The predicted octanol–water partition coefficient (Wildman–Crippen LogP) is 3.30. The van der Waals surface area contributed by atoms with Gasteiger partial charge in [0.2, 0.25) is 5.69 Å². The lowest BCUT2D eigenvalue weighted by atomic mass is 10.1. The highest BCUT2D eigenvalue weighted by molar-refractivity contribution is 7.80. The second-order valence-electron chi connectivity index (χ2n) is 4.99. The Hall–Kier alpha value is -2.13. The molecule has 0 aliphatic rings. The third kappa shape index (κ3) is 3.50. The van der Waals surface area contributed by atoms with Gasteiger partial charge < -0.3 is 0 Å². The minimum absolute atomic E-state index is 0.834. The first-order valence-corrected chi connectivity index (χ1v) is 7.41. The summed E-state index contributed by atoms with van der Waals surface area (Å²) in [6, 6.07) is 18.7. The number of thiol groups is 1. The second-order valence-corrected chi connectivity index (χ2v) is 5.47. The summed E-state index contributed by atoms with van der Waals surface area (Å²) in [7, 11) is 0. The zero-order chi connectivity index (χ0) is 14.5. The largest absolute Gasteiger partial charge is 0.252 e. The molecule has 0 unspecified atom stereocenters. The second kappa shape index (κ2) is 6.55. The Labute approximate surface area is 130 Å². The Morgan fingerprint density at radius 1 is 0.952 bits per heavy atom. The fourth-order valence-electron chi connectivity index (χ4n) is 2.35. The molecule has 2 nitrogen and oxygen atoms in total. The molecule has 1 aromatic heterocycles. The van der Waals surface area contributed by atoms with Crippen molar-refractivity contribution in [3.8, 4) is 0 Å². The lowest BCUT2D eigenvalue weighted by Gasteiger charge is -2.06. The molecule has 3 aromatic rings. The molecule has 0 bridgehead atoms. The molecule has 0 aliphatic carbocycles. The van der Waals surface area contributed by atoms with Gasteiger partial charge in [0.15, 0.2) is 12.7 Å². The summed E-state index contributed by atoms with van der Waals surface area (Å²) >= 11 is 4.53. The summed E-state index contributed by atoms with van der Waals surface area (Å²) in [5.41, 5.74) is 3.69. The third-order valence-corrected chi connectivity index (χ3v) is 3.92. The number of hydrogen-bond acceptors (Lipinski definition) is 2. The average Bonchev–Trinajstić information content (AvgIpc) is 2.52.